The molecule has 0 saturated carbocycles. The Bertz CT molecular complexity index is 512. The van der Waals surface area contributed by atoms with E-state index in [2.05, 4.69) is 24.5 Å². The first kappa shape index (κ1) is 12.1. The van der Waals surface area contributed by atoms with Gasteiger partial charge in [0.05, 0.1) is 6.04 Å². The fraction of sp³-hybridized carbons (Fsp3) is 0.429. The Morgan fingerprint density at radius 3 is 2.94 bits per heavy atom. The highest BCUT2D eigenvalue weighted by Gasteiger charge is 2.40. The Balaban J connectivity index is 2.00. The topological polar surface area (TPSA) is 51.2 Å². The monoisotopic (exact) mass is 262 g/mol. The average Bonchev–Trinajstić information content (AvgIpc) is 2.96. The molecule has 3 nitrogen and oxygen atoms in total. The van der Waals surface area contributed by atoms with Crippen molar-refractivity contribution in [3.8, 4) is 0 Å². The van der Waals surface area contributed by atoms with E-state index < -0.39 is 0 Å². The average molecular weight is 262 g/mol. The molecule has 2 aromatic rings. The van der Waals surface area contributed by atoms with Crippen LogP contribution in [0, 0.1) is 0 Å². The lowest BCUT2D eigenvalue weighted by Crippen LogP contribution is -2.41. The van der Waals surface area contributed by atoms with Gasteiger partial charge in [-0.25, -0.2) is 5.43 Å². The van der Waals surface area contributed by atoms with Crippen LogP contribution in [0.25, 0.3) is 11.0 Å². The number of benzene rings is 1. The number of fused-ring (bicyclic) bond motifs is 1. The van der Waals surface area contributed by atoms with Gasteiger partial charge in [0.25, 0.3) is 0 Å². The van der Waals surface area contributed by atoms with E-state index >= 15 is 0 Å². The van der Waals surface area contributed by atoms with Crippen molar-refractivity contribution in [1.82, 2.24) is 5.43 Å². The zero-order chi connectivity index (χ0) is 12.6. The predicted octanol–water partition coefficient (Wildman–Crippen LogP) is 3.22. The van der Waals surface area contributed by atoms with Crippen LogP contribution in [0.5, 0.6) is 0 Å². The lowest BCUT2D eigenvalue weighted by molar-refractivity contribution is 0.359. The summed E-state index contributed by atoms with van der Waals surface area (Å²) in [4.78, 5) is 0. The predicted molar refractivity (Wildman–Crippen MR) is 76.4 cm³/mol. The van der Waals surface area contributed by atoms with Gasteiger partial charge in [-0.15, -0.1) is 0 Å². The van der Waals surface area contributed by atoms with Crippen LogP contribution in [0.15, 0.2) is 34.7 Å². The summed E-state index contributed by atoms with van der Waals surface area (Å²) in [5.41, 5.74) is 3.88. The highest BCUT2D eigenvalue weighted by molar-refractivity contribution is 8.00. The minimum atomic E-state index is 0.0670. The third-order valence-electron chi connectivity index (χ3n) is 3.76. The zero-order valence-electron chi connectivity index (χ0n) is 10.5. The lowest BCUT2D eigenvalue weighted by atomic mass is 9.94. The summed E-state index contributed by atoms with van der Waals surface area (Å²) in [6.07, 6.45) is 2.42. The number of hydrogen-bond acceptors (Lipinski definition) is 4. The van der Waals surface area contributed by atoms with Crippen molar-refractivity contribution in [3.05, 3.63) is 36.1 Å². The first-order chi connectivity index (χ1) is 8.73. The van der Waals surface area contributed by atoms with Crippen molar-refractivity contribution in [1.29, 1.82) is 0 Å². The van der Waals surface area contributed by atoms with Crippen LogP contribution in [-0.4, -0.2) is 10.5 Å². The van der Waals surface area contributed by atoms with Gasteiger partial charge in [0.15, 0.2) is 0 Å². The van der Waals surface area contributed by atoms with E-state index in [9.17, 15) is 0 Å². The fourth-order valence-corrected chi connectivity index (χ4v) is 4.13. The van der Waals surface area contributed by atoms with Gasteiger partial charge in [0.2, 0.25) is 0 Å². The zero-order valence-corrected chi connectivity index (χ0v) is 11.3. The minimum absolute atomic E-state index is 0.0670. The number of para-hydroxylation sites is 1. The Morgan fingerprint density at radius 2 is 2.28 bits per heavy atom. The molecule has 0 spiro atoms. The second-order valence-electron chi connectivity index (χ2n) is 5.05. The number of rotatable bonds is 3. The molecule has 2 heterocycles. The molecule has 3 rings (SSSR count). The second-order valence-corrected chi connectivity index (χ2v) is 6.68. The number of hydrazine groups is 1. The van der Waals surface area contributed by atoms with Gasteiger partial charge in [0, 0.05) is 10.1 Å². The number of nitrogens with two attached hydrogens (primary N) is 1. The van der Waals surface area contributed by atoms with E-state index in [4.69, 9.17) is 10.3 Å². The second kappa shape index (κ2) is 4.61. The molecule has 96 valence electrons. The molecule has 1 fully saturated rings. The van der Waals surface area contributed by atoms with Crippen molar-refractivity contribution >= 4 is 22.7 Å². The smallest absolute Gasteiger partial charge is 0.134 e. The third kappa shape index (κ3) is 1.94. The van der Waals surface area contributed by atoms with E-state index in [0.717, 1.165) is 16.7 Å². The van der Waals surface area contributed by atoms with Gasteiger partial charge in [0.1, 0.15) is 11.3 Å². The van der Waals surface area contributed by atoms with Gasteiger partial charge < -0.3 is 4.42 Å². The molecule has 1 aromatic heterocycles. The highest BCUT2D eigenvalue weighted by atomic mass is 32.2. The number of furan rings is 1. The van der Waals surface area contributed by atoms with Gasteiger partial charge in [-0.05, 0) is 37.7 Å². The maximum atomic E-state index is 5.94. The molecule has 1 aromatic carbocycles. The molecule has 0 aliphatic carbocycles. The SMILES string of the molecule is CC1(C(NN)c2cc3ccccc3o2)CCCS1. The Morgan fingerprint density at radius 1 is 1.44 bits per heavy atom. The van der Waals surface area contributed by atoms with Crippen LogP contribution in [0.2, 0.25) is 0 Å². The molecule has 2 atom stereocenters. The molecule has 0 radical (unpaired) electrons. The highest BCUT2D eigenvalue weighted by Crippen LogP contribution is 2.47. The van der Waals surface area contributed by atoms with Crippen LogP contribution in [0.3, 0.4) is 0 Å². The summed E-state index contributed by atoms with van der Waals surface area (Å²) >= 11 is 1.98. The normalized spacial score (nSPS) is 25.7. The van der Waals surface area contributed by atoms with Gasteiger partial charge in [-0.2, -0.15) is 11.8 Å². The quantitative estimate of drug-likeness (QED) is 0.658. The molecule has 0 amide bonds. The molecule has 1 aliphatic rings. The van der Waals surface area contributed by atoms with Crippen LogP contribution in [0.4, 0.5) is 0 Å². The molecular formula is C14H18N2OS. The Hall–Kier alpha value is -0.970. The van der Waals surface area contributed by atoms with E-state index in [-0.39, 0.29) is 10.8 Å². The summed E-state index contributed by atoms with van der Waals surface area (Å²) in [5.74, 6) is 7.91. The Labute approximate surface area is 111 Å². The lowest BCUT2D eigenvalue weighted by Gasteiger charge is -2.31. The van der Waals surface area contributed by atoms with Gasteiger partial charge >= 0.3 is 0 Å². The Kier molecular flexibility index (Phi) is 3.09. The van der Waals surface area contributed by atoms with Gasteiger partial charge in [-0.3, -0.25) is 5.84 Å². The standard InChI is InChI=1S/C14H18N2OS/c1-14(7-4-8-18-14)13(16-15)12-9-10-5-2-3-6-11(10)17-12/h2-3,5-6,9,13,16H,4,7-8,15H2,1H3. The van der Waals surface area contributed by atoms with Crippen LogP contribution in [0.1, 0.15) is 31.6 Å². The molecular weight excluding hydrogens is 244 g/mol. The van der Waals surface area contributed by atoms with Crippen molar-refractivity contribution in [2.75, 3.05) is 5.75 Å². The molecule has 4 heteroatoms. The first-order valence-corrected chi connectivity index (χ1v) is 7.30. The van der Waals surface area contributed by atoms with E-state index in [0.29, 0.717) is 0 Å². The molecule has 1 saturated heterocycles. The summed E-state index contributed by atoms with van der Waals surface area (Å²) in [6.45, 7) is 2.27. The van der Waals surface area contributed by atoms with Crippen LogP contribution in [-0.2, 0) is 0 Å². The number of nitrogens with one attached hydrogen (secondary N) is 1. The van der Waals surface area contributed by atoms with Crippen molar-refractivity contribution in [2.24, 2.45) is 5.84 Å². The van der Waals surface area contributed by atoms with Crippen LogP contribution < -0.4 is 11.3 Å². The van der Waals surface area contributed by atoms with Crippen molar-refractivity contribution in [2.45, 2.75) is 30.6 Å². The summed E-state index contributed by atoms with van der Waals surface area (Å²) < 4.78 is 6.07. The summed E-state index contributed by atoms with van der Waals surface area (Å²) in [7, 11) is 0. The van der Waals surface area contributed by atoms with Crippen LogP contribution >= 0.6 is 11.8 Å². The minimum Gasteiger partial charge on any atom is -0.459 e. The van der Waals surface area contributed by atoms with E-state index in [1.165, 1.54) is 18.6 Å². The molecule has 3 N–H and O–H groups in total. The molecule has 2 unspecified atom stereocenters. The van der Waals surface area contributed by atoms with E-state index in [1.54, 1.807) is 0 Å². The molecule has 0 bridgehead atoms. The third-order valence-corrected chi connectivity index (χ3v) is 5.35. The maximum Gasteiger partial charge on any atom is 0.134 e. The summed E-state index contributed by atoms with van der Waals surface area (Å²) in [5, 5.41) is 1.14. The number of hydrogen-bond donors (Lipinski definition) is 2. The maximum absolute atomic E-state index is 5.94. The fourth-order valence-electron chi connectivity index (χ4n) is 2.73. The van der Waals surface area contributed by atoms with E-state index in [1.807, 2.05) is 30.0 Å². The largest absolute Gasteiger partial charge is 0.459 e. The molecule has 18 heavy (non-hydrogen) atoms. The summed E-state index contributed by atoms with van der Waals surface area (Å²) in [6, 6.07) is 10.3. The van der Waals surface area contributed by atoms with Crippen molar-refractivity contribution < 1.29 is 4.42 Å². The first-order valence-electron chi connectivity index (χ1n) is 6.31. The molecule has 1 aliphatic heterocycles. The van der Waals surface area contributed by atoms with Gasteiger partial charge in [-0.1, -0.05) is 18.2 Å². The van der Waals surface area contributed by atoms with Crippen molar-refractivity contribution in [3.63, 3.8) is 0 Å². The number of thioether (sulfide) groups is 1.